The summed E-state index contributed by atoms with van der Waals surface area (Å²) < 4.78 is 12.7. The summed E-state index contributed by atoms with van der Waals surface area (Å²) in [5, 5.41) is 19.2. The summed E-state index contributed by atoms with van der Waals surface area (Å²) in [5.41, 5.74) is 1.14. The number of imidazole rings is 1. The molecule has 1 aliphatic heterocycles. The number of aliphatic hydroxyl groups excluding tert-OH is 2. The Morgan fingerprint density at radius 2 is 2.23 bits per heavy atom. The summed E-state index contributed by atoms with van der Waals surface area (Å²) >= 11 is 0. The van der Waals surface area contributed by atoms with Crippen LogP contribution in [-0.2, 0) is 4.74 Å². The molecule has 1 saturated heterocycles. The van der Waals surface area contributed by atoms with Gasteiger partial charge in [-0.15, -0.1) is 0 Å². The lowest BCUT2D eigenvalue weighted by Crippen LogP contribution is -2.24. The van der Waals surface area contributed by atoms with Crippen LogP contribution in [0, 0.1) is 0 Å². The van der Waals surface area contributed by atoms with E-state index < -0.39 is 18.4 Å². The molecule has 0 amide bonds. The second kappa shape index (κ2) is 5.67. The molecule has 0 aliphatic carbocycles. The molecule has 1 fully saturated rings. The van der Waals surface area contributed by atoms with Crippen molar-refractivity contribution < 1.29 is 19.7 Å². The van der Waals surface area contributed by atoms with Gasteiger partial charge in [0.1, 0.15) is 17.8 Å². The second-order valence-corrected chi connectivity index (χ2v) is 5.36. The average Bonchev–Trinajstić information content (AvgIpc) is 3.05. The predicted octanol–water partition coefficient (Wildman–Crippen LogP) is -0.458. The zero-order valence-electron chi connectivity index (χ0n) is 12.7. The van der Waals surface area contributed by atoms with Crippen LogP contribution in [0.15, 0.2) is 6.20 Å². The largest absolute Gasteiger partial charge is 0.468 e. The Morgan fingerprint density at radius 3 is 2.82 bits per heavy atom. The number of anilines is 1. The van der Waals surface area contributed by atoms with Gasteiger partial charge >= 0.3 is 6.01 Å². The number of methoxy groups -OCH3 is 1. The summed E-state index contributed by atoms with van der Waals surface area (Å²) in [6.45, 7) is -0.245. The summed E-state index contributed by atoms with van der Waals surface area (Å²) in [5.74, 6) is 0.536. The fourth-order valence-corrected chi connectivity index (χ4v) is 2.52. The van der Waals surface area contributed by atoms with Crippen LogP contribution in [0.4, 0.5) is 5.95 Å². The molecule has 0 bridgehead atoms. The molecule has 1 aliphatic rings. The van der Waals surface area contributed by atoms with Gasteiger partial charge in [-0.2, -0.15) is 9.97 Å². The highest BCUT2D eigenvalue weighted by Crippen LogP contribution is 2.34. The van der Waals surface area contributed by atoms with Crippen molar-refractivity contribution in [2.75, 3.05) is 32.7 Å². The zero-order valence-corrected chi connectivity index (χ0v) is 12.7. The molecule has 9 heteroatoms. The minimum atomic E-state index is -0.743. The molecule has 0 radical (unpaired) electrons. The van der Waals surface area contributed by atoms with Crippen LogP contribution < -0.4 is 9.64 Å². The van der Waals surface area contributed by atoms with Crippen LogP contribution in [0.5, 0.6) is 6.01 Å². The van der Waals surface area contributed by atoms with Crippen molar-refractivity contribution in [1.29, 1.82) is 0 Å². The van der Waals surface area contributed by atoms with Crippen molar-refractivity contribution in [2.24, 2.45) is 0 Å². The first-order valence-electron chi connectivity index (χ1n) is 6.95. The molecular formula is C13H19N5O4. The van der Waals surface area contributed by atoms with E-state index in [9.17, 15) is 10.2 Å². The lowest BCUT2D eigenvalue weighted by Gasteiger charge is -2.16. The third-order valence-electron chi connectivity index (χ3n) is 3.64. The van der Waals surface area contributed by atoms with Gasteiger partial charge < -0.3 is 24.6 Å². The normalized spacial score (nSPS) is 24.9. The Balaban J connectivity index is 2.08. The number of fused-ring (bicyclic) bond motifs is 1. The molecule has 0 saturated carbocycles. The first-order valence-corrected chi connectivity index (χ1v) is 6.95. The van der Waals surface area contributed by atoms with E-state index in [1.165, 1.54) is 7.11 Å². The maximum Gasteiger partial charge on any atom is 0.300 e. The molecule has 2 N–H and O–H groups in total. The van der Waals surface area contributed by atoms with Gasteiger partial charge in [0.05, 0.1) is 26.0 Å². The van der Waals surface area contributed by atoms with Gasteiger partial charge in [-0.25, -0.2) is 4.98 Å². The second-order valence-electron chi connectivity index (χ2n) is 5.36. The first kappa shape index (κ1) is 14.9. The predicted molar refractivity (Wildman–Crippen MR) is 77.8 cm³/mol. The van der Waals surface area contributed by atoms with E-state index in [-0.39, 0.29) is 6.61 Å². The maximum absolute atomic E-state index is 9.94. The number of hydrogen-bond donors (Lipinski definition) is 2. The third-order valence-corrected chi connectivity index (χ3v) is 3.64. The monoisotopic (exact) mass is 309 g/mol. The molecule has 0 spiro atoms. The van der Waals surface area contributed by atoms with E-state index in [0.717, 1.165) is 0 Å². The molecule has 0 aromatic carbocycles. The van der Waals surface area contributed by atoms with E-state index in [2.05, 4.69) is 15.0 Å². The van der Waals surface area contributed by atoms with E-state index in [4.69, 9.17) is 9.47 Å². The SMILES string of the molecule is COc1nc2cnc(N(C)C)nc2n1[C@@H]1C[C@@H](O)[C@H](CO)O1. The quantitative estimate of drug-likeness (QED) is 0.781. The van der Waals surface area contributed by atoms with Crippen LogP contribution in [-0.4, -0.2) is 69.8 Å². The fourth-order valence-electron chi connectivity index (χ4n) is 2.52. The third kappa shape index (κ3) is 2.36. The van der Waals surface area contributed by atoms with E-state index in [1.54, 1.807) is 15.7 Å². The van der Waals surface area contributed by atoms with Gasteiger partial charge in [-0.1, -0.05) is 0 Å². The van der Waals surface area contributed by atoms with Crippen LogP contribution in [0.2, 0.25) is 0 Å². The highest BCUT2D eigenvalue weighted by molar-refractivity contribution is 5.73. The van der Waals surface area contributed by atoms with Crippen molar-refractivity contribution in [2.45, 2.75) is 24.9 Å². The van der Waals surface area contributed by atoms with Gasteiger partial charge in [-0.3, -0.25) is 4.57 Å². The summed E-state index contributed by atoms with van der Waals surface area (Å²) in [7, 11) is 5.19. The van der Waals surface area contributed by atoms with Crippen LogP contribution in [0.3, 0.4) is 0 Å². The molecule has 22 heavy (non-hydrogen) atoms. The van der Waals surface area contributed by atoms with E-state index in [1.807, 2.05) is 14.1 Å². The van der Waals surface area contributed by atoms with Crippen LogP contribution in [0.25, 0.3) is 11.2 Å². The number of hydrogen-bond acceptors (Lipinski definition) is 8. The van der Waals surface area contributed by atoms with Gasteiger partial charge in [-0.05, 0) is 0 Å². The molecule has 120 valence electrons. The molecule has 3 atom stereocenters. The van der Waals surface area contributed by atoms with Gasteiger partial charge in [0.25, 0.3) is 0 Å². The lowest BCUT2D eigenvalue weighted by atomic mass is 10.2. The van der Waals surface area contributed by atoms with Crippen molar-refractivity contribution in [1.82, 2.24) is 19.5 Å². The molecule has 0 unspecified atom stereocenters. The van der Waals surface area contributed by atoms with E-state index in [0.29, 0.717) is 29.5 Å². The minimum Gasteiger partial charge on any atom is -0.468 e. The Bertz CT molecular complexity index is 674. The number of nitrogens with zero attached hydrogens (tertiary/aromatic N) is 5. The van der Waals surface area contributed by atoms with Gasteiger partial charge in [0.15, 0.2) is 5.65 Å². The summed E-state index contributed by atoms with van der Waals surface area (Å²) in [6, 6.07) is 0.330. The lowest BCUT2D eigenvalue weighted by molar-refractivity contribution is -0.0450. The number of aliphatic hydroxyl groups is 2. The molecule has 3 rings (SSSR count). The average molecular weight is 309 g/mol. The van der Waals surface area contributed by atoms with Crippen LogP contribution >= 0.6 is 0 Å². The molecule has 9 nitrogen and oxygen atoms in total. The highest BCUT2D eigenvalue weighted by Gasteiger charge is 2.37. The Morgan fingerprint density at radius 1 is 1.45 bits per heavy atom. The number of ether oxygens (including phenoxy) is 2. The molecular weight excluding hydrogens is 290 g/mol. The molecule has 3 heterocycles. The van der Waals surface area contributed by atoms with E-state index >= 15 is 0 Å². The fraction of sp³-hybridized carbons (Fsp3) is 0.615. The van der Waals surface area contributed by atoms with Crippen molar-refractivity contribution in [3.05, 3.63) is 6.20 Å². The van der Waals surface area contributed by atoms with Gasteiger partial charge in [0.2, 0.25) is 5.95 Å². The Labute approximate surface area is 127 Å². The van der Waals surface area contributed by atoms with Crippen molar-refractivity contribution in [3.8, 4) is 6.01 Å². The zero-order chi connectivity index (χ0) is 15.9. The Kier molecular flexibility index (Phi) is 3.85. The highest BCUT2D eigenvalue weighted by atomic mass is 16.5. The first-order chi connectivity index (χ1) is 10.5. The number of rotatable bonds is 4. The molecule has 2 aromatic heterocycles. The van der Waals surface area contributed by atoms with Gasteiger partial charge in [0, 0.05) is 20.5 Å². The van der Waals surface area contributed by atoms with Crippen LogP contribution in [0.1, 0.15) is 12.6 Å². The number of aromatic nitrogens is 4. The molecule has 2 aromatic rings. The minimum absolute atomic E-state index is 0.245. The summed E-state index contributed by atoms with van der Waals surface area (Å²) in [4.78, 5) is 14.8. The van der Waals surface area contributed by atoms with Crippen molar-refractivity contribution in [3.63, 3.8) is 0 Å². The standard InChI is InChI=1S/C13H19N5O4/c1-17(2)12-14-5-7-11(16-12)18(13(15-7)21-3)10-4-8(20)9(6-19)22-10/h5,8-10,19-20H,4,6H2,1-3H3/t8-,9+,10+/m1/s1. The Hall–Kier alpha value is -1.97. The smallest absolute Gasteiger partial charge is 0.300 e. The summed E-state index contributed by atoms with van der Waals surface area (Å²) in [6.07, 6.45) is 0.0755. The maximum atomic E-state index is 9.94. The topological polar surface area (TPSA) is 106 Å². The van der Waals surface area contributed by atoms with Crippen molar-refractivity contribution >= 4 is 17.1 Å².